The van der Waals surface area contributed by atoms with Gasteiger partial charge < -0.3 is 15.4 Å². The van der Waals surface area contributed by atoms with Crippen LogP contribution >= 0.6 is 11.3 Å². The molecule has 0 bridgehead atoms. The number of morpholine rings is 1. The molecule has 1 saturated heterocycles. The first kappa shape index (κ1) is 21.4. The molecule has 2 N–H and O–H groups in total. The van der Waals surface area contributed by atoms with Gasteiger partial charge in [0.15, 0.2) is 5.13 Å². The number of nitrogens with one attached hydrogen (secondary N) is 2. The number of carbonyl (C=O) groups excluding carboxylic acids is 1. The number of anilines is 3. The molecule has 1 aliphatic heterocycles. The normalized spacial score (nSPS) is 16.8. The number of nitrogens with zero attached hydrogens (tertiary/aromatic N) is 4. The Bertz CT molecular complexity index is 1070. The average Bonchev–Trinajstić information content (AvgIpc) is 3.14. The van der Waals surface area contributed by atoms with E-state index >= 15 is 0 Å². The smallest absolute Gasteiger partial charge is 0.240 e. The van der Waals surface area contributed by atoms with Gasteiger partial charge in [-0.25, -0.2) is 9.97 Å². The minimum absolute atomic E-state index is 0.0693. The van der Waals surface area contributed by atoms with Crippen molar-refractivity contribution < 1.29 is 9.53 Å². The van der Waals surface area contributed by atoms with E-state index in [9.17, 15) is 4.79 Å². The first-order valence-electron chi connectivity index (χ1n) is 10.2. The summed E-state index contributed by atoms with van der Waals surface area (Å²) in [6.45, 7) is 8.09. The van der Waals surface area contributed by atoms with Crippen LogP contribution < -0.4 is 10.6 Å². The molecule has 4 heterocycles. The molecular formula is C22H26N6O2S. The van der Waals surface area contributed by atoms with Crippen molar-refractivity contribution in [2.75, 3.05) is 36.9 Å². The molecule has 162 valence electrons. The van der Waals surface area contributed by atoms with E-state index in [0.717, 1.165) is 33.3 Å². The Hall–Kier alpha value is -2.88. The number of hydrogen-bond donors (Lipinski definition) is 2. The highest BCUT2D eigenvalue weighted by Gasteiger charge is 2.25. The van der Waals surface area contributed by atoms with Crippen LogP contribution in [0, 0.1) is 20.8 Å². The number of carbonyl (C=O) groups is 1. The van der Waals surface area contributed by atoms with E-state index in [1.165, 1.54) is 11.3 Å². The van der Waals surface area contributed by atoms with Crippen LogP contribution in [0.15, 0.2) is 36.7 Å². The molecule has 0 spiro atoms. The van der Waals surface area contributed by atoms with Crippen molar-refractivity contribution in [1.29, 1.82) is 0 Å². The van der Waals surface area contributed by atoms with Gasteiger partial charge >= 0.3 is 0 Å². The summed E-state index contributed by atoms with van der Waals surface area (Å²) in [6, 6.07) is 7.92. The van der Waals surface area contributed by atoms with E-state index in [2.05, 4.69) is 30.5 Å². The lowest BCUT2D eigenvalue weighted by Crippen LogP contribution is -2.42. The predicted octanol–water partition coefficient (Wildman–Crippen LogP) is 3.61. The molecule has 8 nitrogen and oxygen atoms in total. The first-order chi connectivity index (χ1) is 15.0. The van der Waals surface area contributed by atoms with Crippen LogP contribution in [-0.4, -0.2) is 52.0 Å². The van der Waals surface area contributed by atoms with Crippen LogP contribution in [0.2, 0.25) is 0 Å². The van der Waals surface area contributed by atoms with Crippen molar-refractivity contribution in [1.82, 2.24) is 19.9 Å². The molecule has 3 aromatic rings. The summed E-state index contributed by atoms with van der Waals surface area (Å²) in [5, 5.41) is 6.88. The summed E-state index contributed by atoms with van der Waals surface area (Å²) in [5.74, 6) is 0.750. The second-order valence-corrected chi connectivity index (χ2v) is 8.87. The Morgan fingerprint density at radius 3 is 2.94 bits per heavy atom. The lowest BCUT2D eigenvalue weighted by atomic mass is 10.1. The third-order valence-electron chi connectivity index (χ3n) is 4.96. The number of aryl methyl sites for hydroxylation is 3. The zero-order valence-corrected chi connectivity index (χ0v) is 18.7. The van der Waals surface area contributed by atoms with Crippen molar-refractivity contribution in [3.63, 3.8) is 0 Å². The molecule has 1 fully saturated rings. The molecule has 4 rings (SSSR count). The van der Waals surface area contributed by atoms with Crippen LogP contribution in [0.3, 0.4) is 0 Å². The van der Waals surface area contributed by atoms with Crippen LogP contribution in [0.25, 0.3) is 0 Å². The summed E-state index contributed by atoms with van der Waals surface area (Å²) in [5.41, 5.74) is 3.73. The topological polar surface area (TPSA) is 92.3 Å². The van der Waals surface area contributed by atoms with Gasteiger partial charge in [0.1, 0.15) is 11.9 Å². The van der Waals surface area contributed by atoms with Gasteiger partial charge in [-0.1, -0.05) is 6.07 Å². The molecule has 3 aromatic heterocycles. The van der Waals surface area contributed by atoms with E-state index in [0.29, 0.717) is 31.4 Å². The maximum Gasteiger partial charge on any atom is 0.240 e. The SMILES string of the molecule is Cc1cc(Nc2ncccc2C)cc(C2CN(CC(=O)Nc3ncc(C)s3)CCO2)n1. The van der Waals surface area contributed by atoms with Gasteiger partial charge in [-0.3, -0.25) is 14.7 Å². The summed E-state index contributed by atoms with van der Waals surface area (Å²) >= 11 is 1.47. The minimum Gasteiger partial charge on any atom is -0.369 e. The van der Waals surface area contributed by atoms with Gasteiger partial charge in [0.05, 0.1) is 18.8 Å². The number of rotatable bonds is 6. The Morgan fingerprint density at radius 1 is 1.29 bits per heavy atom. The summed E-state index contributed by atoms with van der Waals surface area (Å²) < 4.78 is 5.99. The second-order valence-electron chi connectivity index (χ2n) is 7.63. The van der Waals surface area contributed by atoms with Gasteiger partial charge in [-0.05, 0) is 44.5 Å². The van der Waals surface area contributed by atoms with E-state index in [1.54, 1.807) is 12.4 Å². The third kappa shape index (κ3) is 5.63. The lowest BCUT2D eigenvalue weighted by molar-refractivity contribution is -0.119. The van der Waals surface area contributed by atoms with Crippen molar-refractivity contribution in [3.05, 3.63) is 58.5 Å². The first-order valence-corrected chi connectivity index (χ1v) is 11.0. The Balaban J connectivity index is 1.42. The molecular weight excluding hydrogens is 412 g/mol. The molecule has 1 aliphatic rings. The summed E-state index contributed by atoms with van der Waals surface area (Å²) in [4.78, 5) is 28.9. The van der Waals surface area contributed by atoms with Crippen LogP contribution in [0.5, 0.6) is 0 Å². The quantitative estimate of drug-likeness (QED) is 0.607. The average molecular weight is 439 g/mol. The van der Waals surface area contributed by atoms with Crippen molar-refractivity contribution in [2.24, 2.45) is 0 Å². The number of hydrogen-bond acceptors (Lipinski definition) is 8. The number of thiazole rings is 1. The Kier molecular flexibility index (Phi) is 6.55. The number of aromatic nitrogens is 3. The number of ether oxygens (including phenoxy) is 1. The molecule has 1 amide bonds. The second kappa shape index (κ2) is 9.51. The van der Waals surface area contributed by atoms with Crippen LogP contribution in [0.1, 0.15) is 27.9 Å². The number of amides is 1. The van der Waals surface area contributed by atoms with E-state index in [-0.39, 0.29) is 12.0 Å². The van der Waals surface area contributed by atoms with E-state index < -0.39 is 0 Å². The fourth-order valence-electron chi connectivity index (χ4n) is 3.48. The monoisotopic (exact) mass is 438 g/mol. The molecule has 1 atom stereocenters. The molecule has 0 aliphatic carbocycles. The minimum atomic E-state index is -0.200. The van der Waals surface area contributed by atoms with Crippen LogP contribution in [-0.2, 0) is 9.53 Å². The zero-order valence-electron chi connectivity index (χ0n) is 17.9. The zero-order chi connectivity index (χ0) is 21.8. The largest absolute Gasteiger partial charge is 0.369 e. The molecule has 31 heavy (non-hydrogen) atoms. The Morgan fingerprint density at radius 2 is 2.16 bits per heavy atom. The molecule has 0 aromatic carbocycles. The van der Waals surface area contributed by atoms with E-state index in [4.69, 9.17) is 4.74 Å². The highest BCUT2D eigenvalue weighted by molar-refractivity contribution is 7.15. The highest BCUT2D eigenvalue weighted by Crippen LogP contribution is 2.26. The van der Waals surface area contributed by atoms with Crippen molar-refractivity contribution in [2.45, 2.75) is 26.9 Å². The molecule has 1 unspecified atom stereocenters. The molecule has 0 radical (unpaired) electrons. The van der Waals surface area contributed by atoms with E-state index in [1.807, 2.05) is 45.0 Å². The van der Waals surface area contributed by atoms with Gasteiger partial charge in [0, 0.05) is 41.7 Å². The molecule has 0 saturated carbocycles. The fraction of sp³-hybridized carbons (Fsp3) is 0.364. The summed E-state index contributed by atoms with van der Waals surface area (Å²) in [6.07, 6.45) is 3.32. The maximum atomic E-state index is 12.4. The predicted molar refractivity (Wildman–Crippen MR) is 122 cm³/mol. The van der Waals surface area contributed by atoms with Gasteiger partial charge in [-0.2, -0.15) is 0 Å². The highest BCUT2D eigenvalue weighted by atomic mass is 32.1. The maximum absolute atomic E-state index is 12.4. The molecule has 9 heteroatoms. The number of pyridine rings is 2. The van der Waals surface area contributed by atoms with Crippen LogP contribution in [0.4, 0.5) is 16.6 Å². The fourth-order valence-corrected chi connectivity index (χ4v) is 4.16. The van der Waals surface area contributed by atoms with Crippen molar-refractivity contribution >= 4 is 33.9 Å². The standard InChI is InChI=1S/C22H26N6O2S/c1-14-5-4-6-23-21(14)26-17-9-15(2)25-18(10-17)19-12-28(7-8-30-19)13-20(29)27-22-24-11-16(3)31-22/h4-6,9-11,19H,7-8,12-13H2,1-3H3,(H,23,25,26)(H,24,27,29). The summed E-state index contributed by atoms with van der Waals surface area (Å²) in [7, 11) is 0. The third-order valence-corrected chi connectivity index (χ3v) is 5.79. The Labute approximate surface area is 185 Å². The van der Waals surface area contributed by atoms with Gasteiger partial charge in [0.25, 0.3) is 0 Å². The van der Waals surface area contributed by atoms with Gasteiger partial charge in [-0.15, -0.1) is 11.3 Å². The lowest BCUT2D eigenvalue weighted by Gasteiger charge is -2.32. The van der Waals surface area contributed by atoms with Gasteiger partial charge in [0.2, 0.25) is 5.91 Å². The van der Waals surface area contributed by atoms with Crippen molar-refractivity contribution in [3.8, 4) is 0 Å².